The molecule has 4 heteroatoms. The molecule has 0 aliphatic heterocycles. The molecule has 0 amide bonds. The monoisotopic (exact) mass is 286 g/mol. The SMILES string of the molecule is CCN(c1ncc(C)cc1Br)C(C)COC. The van der Waals surface area contributed by atoms with E-state index in [0.717, 1.165) is 22.4 Å². The number of aromatic nitrogens is 1. The average molecular weight is 287 g/mol. The van der Waals surface area contributed by atoms with Crippen molar-refractivity contribution in [1.82, 2.24) is 4.98 Å². The zero-order chi connectivity index (χ0) is 12.1. The molecule has 0 bridgehead atoms. The summed E-state index contributed by atoms with van der Waals surface area (Å²) >= 11 is 3.56. The van der Waals surface area contributed by atoms with Crippen LogP contribution in [0.1, 0.15) is 19.4 Å². The zero-order valence-electron chi connectivity index (χ0n) is 10.3. The van der Waals surface area contributed by atoms with Crippen LogP contribution >= 0.6 is 15.9 Å². The molecule has 0 aromatic carbocycles. The Hall–Kier alpha value is -0.610. The van der Waals surface area contributed by atoms with Crippen LogP contribution in [-0.2, 0) is 4.74 Å². The third-order valence-corrected chi connectivity index (χ3v) is 3.09. The zero-order valence-corrected chi connectivity index (χ0v) is 11.9. The van der Waals surface area contributed by atoms with E-state index in [1.807, 2.05) is 13.1 Å². The van der Waals surface area contributed by atoms with E-state index in [1.165, 1.54) is 0 Å². The molecular formula is C12H19BrN2O. The smallest absolute Gasteiger partial charge is 0.143 e. The van der Waals surface area contributed by atoms with E-state index in [9.17, 15) is 0 Å². The summed E-state index contributed by atoms with van der Waals surface area (Å²) in [4.78, 5) is 6.70. The molecule has 0 radical (unpaired) electrons. The standard InChI is InChI=1S/C12H19BrN2O/c1-5-15(10(3)8-16-4)12-11(13)6-9(2)7-14-12/h6-7,10H,5,8H2,1-4H3. The van der Waals surface area contributed by atoms with Crippen LogP contribution in [0, 0.1) is 6.92 Å². The van der Waals surface area contributed by atoms with Crippen molar-refractivity contribution in [2.24, 2.45) is 0 Å². The Kier molecular flexibility index (Phi) is 5.22. The molecule has 0 spiro atoms. The predicted molar refractivity (Wildman–Crippen MR) is 71.0 cm³/mol. The van der Waals surface area contributed by atoms with Gasteiger partial charge in [0.05, 0.1) is 17.1 Å². The molecule has 0 fully saturated rings. The average Bonchev–Trinajstić information content (AvgIpc) is 2.22. The number of anilines is 1. The van der Waals surface area contributed by atoms with E-state index in [1.54, 1.807) is 7.11 Å². The molecule has 1 aromatic heterocycles. The molecule has 0 saturated carbocycles. The number of aryl methyl sites for hydroxylation is 1. The molecular weight excluding hydrogens is 268 g/mol. The summed E-state index contributed by atoms with van der Waals surface area (Å²) in [5, 5.41) is 0. The lowest BCUT2D eigenvalue weighted by Gasteiger charge is -2.29. The van der Waals surface area contributed by atoms with Gasteiger partial charge in [-0.05, 0) is 48.3 Å². The maximum Gasteiger partial charge on any atom is 0.143 e. The first kappa shape index (κ1) is 13.5. The van der Waals surface area contributed by atoms with Gasteiger partial charge in [-0.2, -0.15) is 0 Å². The first-order chi connectivity index (χ1) is 7.60. The van der Waals surface area contributed by atoms with Gasteiger partial charge in [0.15, 0.2) is 0 Å². The Morgan fingerprint density at radius 3 is 2.75 bits per heavy atom. The molecule has 3 nitrogen and oxygen atoms in total. The van der Waals surface area contributed by atoms with Crippen LogP contribution in [0.15, 0.2) is 16.7 Å². The predicted octanol–water partition coefficient (Wildman–Crippen LogP) is 3.01. The van der Waals surface area contributed by atoms with Gasteiger partial charge in [0.25, 0.3) is 0 Å². The molecule has 90 valence electrons. The molecule has 0 aliphatic carbocycles. The summed E-state index contributed by atoms with van der Waals surface area (Å²) in [5.41, 5.74) is 1.16. The fourth-order valence-electron chi connectivity index (χ4n) is 1.74. The van der Waals surface area contributed by atoms with Gasteiger partial charge in [-0.3, -0.25) is 0 Å². The van der Waals surface area contributed by atoms with Gasteiger partial charge in [0.2, 0.25) is 0 Å². The fourth-order valence-corrected chi connectivity index (χ4v) is 2.43. The number of halogens is 1. The summed E-state index contributed by atoms with van der Waals surface area (Å²) < 4.78 is 6.23. The summed E-state index contributed by atoms with van der Waals surface area (Å²) in [6.45, 7) is 7.92. The highest BCUT2D eigenvalue weighted by molar-refractivity contribution is 9.10. The van der Waals surface area contributed by atoms with Crippen molar-refractivity contribution >= 4 is 21.7 Å². The number of pyridine rings is 1. The molecule has 16 heavy (non-hydrogen) atoms. The maximum absolute atomic E-state index is 5.19. The first-order valence-corrected chi connectivity index (χ1v) is 6.27. The van der Waals surface area contributed by atoms with Gasteiger partial charge < -0.3 is 9.64 Å². The van der Waals surface area contributed by atoms with Gasteiger partial charge in [-0.1, -0.05) is 0 Å². The Labute approximate surface area is 106 Å². The number of likely N-dealkylation sites (N-methyl/N-ethyl adjacent to an activating group) is 1. The highest BCUT2D eigenvalue weighted by Gasteiger charge is 2.16. The normalized spacial score (nSPS) is 12.6. The van der Waals surface area contributed by atoms with Crippen LogP contribution in [0.5, 0.6) is 0 Å². The van der Waals surface area contributed by atoms with Crippen molar-refractivity contribution < 1.29 is 4.74 Å². The minimum absolute atomic E-state index is 0.321. The van der Waals surface area contributed by atoms with Gasteiger partial charge in [-0.15, -0.1) is 0 Å². The van der Waals surface area contributed by atoms with Crippen molar-refractivity contribution in [1.29, 1.82) is 0 Å². The first-order valence-electron chi connectivity index (χ1n) is 5.47. The quantitative estimate of drug-likeness (QED) is 0.832. The summed E-state index contributed by atoms with van der Waals surface area (Å²) in [6, 6.07) is 2.41. The third kappa shape index (κ3) is 3.19. The van der Waals surface area contributed by atoms with Crippen molar-refractivity contribution in [2.75, 3.05) is 25.2 Å². The van der Waals surface area contributed by atoms with Gasteiger partial charge in [0, 0.05) is 19.9 Å². The van der Waals surface area contributed by atoms with Crippen LogP contribution in [0.2, 0.25) is 0 Å². The number of hydrogen-bond donors (Lipinski definition) is 0. The summed E-state index contributed by atoms with van der Waals surface area (Å²) in [5.74, 6) is 0.984. The van der Waals surface area contributed by atoms with Gasteiger partial charge in [-0.25, -0.2) is 4.98 Å². The second-order valence-electron chi connectivity index (χ2n) is 3.91. The van der Waals surface area contributed by atoms with Crippen LogP contribution in [0.3, 0.4) is 0 Å². The lowest BCUT2D eigenvalue weighted by atomic mass is 10.2. The fraction of sp³-hybridized carbons (Fsp3) is 0.583. The molecule has 1 heterocycles. The molecule has 0 aliphatic rings. The van der Waals surface area contributed by atoms with E-state index < -0.39 is 0 Å². The highest BCUT2D eigenvalue weighted by atomic mass is 79.9. The number of nitrogens with zero attached hydrogens (tertiary/aromatic N) is 2. The van der Waals surface area contributed by atoms with Crippen molar-refractivity contribution in [2.45, 2.75) is 26.8 Å². The number of methoxy groups -OCH3 is 1. The topological polar surface area (TPSA) is 25.4 Å². The van der Waals surface area contributed by atoms with Crippen molar-refractivity contribution in [3.05, 3.63) is 22.3 Å². The molecule has 0 saturated heterocycles. The molecule has 0 N–H and O–H groups in total. The molecule has 1 rings (SSSR count). The molecule has 1 aromatic rings. The largest absolute Gasteiger partial charge is 0.383 e. The minimum Gasteiger partial charge on any atom is -0.383 e. The lowest BCUT2D eigenvalue weighted by molar-refractivity contribution is 0.181. The molecule has 1 unspecified atom stereocenters. The van der Waals surface area contributed by atoms with E-state index in [-0.39, 0.29) is 0 Å². The van der Waals surface area contributed by atoms with E-state index >= 15 is 0 Å². The Bertz CT molecular complexity index is 344. The minimum atomic E-state index is 0.321. The summed E-state index contributed by atoms with van der Waals surface area (Å²) in [6.07, 6.45) is 1.89. The molecule has 1 atom stereocenters. The maximum atomic E-state index is 5.19. The van der Waals surface area contributed by atoms with Gasteiger partial charge in [0.1, 0.15) is 5.82 Å². The number of ether oxygens (including phenoxy) is 1. The second kappa shape index (κ2) is 6.21. The van der Waals surface area contributed by atoms with Crippen LogP contribution in [-0.4, -0.2) is 31.3 Å². The van der Waals surface area contributed by atoms with Crippen LogP contribution in [0.25, 0.3) is 0 Å². The second-order valence-corrected chi connectivity index (χ2v) is 4.76. The Morgan fingerprint density at radius 2 is 2.25 bits per heavy atom. The van der Waals surface area contributed by atoms with E-state index in [0.29, 0.717) is 12.6 Å². The lowest BCUT2D eigenvalue weighted by Crippen LogP contribution is -2.37. The Morgan fingerprint density at radius 1 is 1.56 bits per heavy atom. The third-order valence-electron chi connectivity index (χ3n) is 2.51. The van der Waals surface area contributed by atoms with Crippen molar-refractivity contribution in [3.63, 3.8) is 0 Å². The summed E-state index contributed by atoms with van der Waals surface area (Å²) in [7, 11) is 1.72. The van der Waals surface area contributed by atoms with Crippen molar-refractivity contribution in [3.8, 4) is 0 Å². The van der Waals surface area contributed by atoms with E-state index in [2.05, 4.69) is 45.7 Å². The van der Waals surface area contributed by atoms with Gasteiger partial charge >= 0.3 is 0 Å². The van der Waals surface area contributed by atoms with Crippen LogP contribution < -0.4 is 4.90 Å². The number of hydrogen-bond acceptors (Lipinski definition) is 3. The Balaban J connectivity index is 2.94. The highest BCUT2D eigenvalue weighted by Crippen LogP contribution is 2.25. The number of rotatable bonds is 5. The van der Waals surface area contributed by atoms with Crippen LogP contribution in [0.4, 0.5) is 5.82 Å². The van der Waals surface area contributed by atoms with E-state index in [4.69, 9.17) is 4.74 Å².